The van der Waals surface area contributed by atoms with Crippen LogP contribution >= 0.6 is 11.8 Å². The van der Waals surface area contributed by atoms with E-state index < -0.39 is 0 Å². The molecule has 0 N–H and O–H groups in total. The highest BCUT2D eigenvalue weighted by Crippen LogP contribution is 2.47. The van der Waals surface area contributed by atoms with Crippen molar-refractivity contribution in [2.24, 2.45) is 0 Å². The van der Waals surface area contributed by atoms with Gasteiger partial charge in [-0.3, -0.25) is 4.79 Å². The molecule has 0 unspecified atom stereocenters. The van der Waals surface area contributed by atoms with Crippen molar-refractivity contribution in [3.05, 3.63) is 29.8 Å². The van der Waals surface area contributed by atoms with Crippen LogP contribution in [0.5, 0.6) is 5.75 Å². The van der Waals surface area contributed by atoms with Gasteiger partial charge in [0.05, 0.1) is 12.4 Å². The predicted molar refractivity (Wildman–Crippen MR) is 72.7 cm³/mol. The molecule has 2 aliphatic rings. The zero-order valence-corrected chi connectivity index (χ0v) is 11.3. The van der Waals surface area contributed by atoms with E-state index in [-0.39, 0.29) is 11.3 Å². The Morgan fingerprint density at radius 1 is 1.39 bits per heavy atom. The van der Waals surface area contributed by atoms with E-state index in [4.69, 9.17) is 4.74 Å². The molecule has 3 nitrogen and oxygen atoms in total. The van der Waals surface area contributed by atoms with Crippen LogP contribution in [-0.4, -0.2) is 29.2 Å². The minimum atomic E-state index is 0.146. The monoisotopic (exact) mass is 263 g/mol. The van der Waals surface area contributed by atoms with Gasteiger partial charge < -0.3 is 9.64 Å². The molecule has 1 atom stereocenters. The van der Waals surface area contributed by atoms with Gasteiger partial charge in [0, 0.05) is 11.6 Å². The Morgan fingerprint density at radius 3 is 2.89 bits per heavy atom. The predicted octanol–water partition coefficient (Wildman–Crippen LogP) is 2.82. The minimum absolute atomic E-state index is 0.146. The molecule has 96 valence electrons. The summed E-state index contributed by atoms with van der Waals surface area (Å²) in [4.78, 5) is 14.0. The van der Waals surface area contributed by atoms with E-state index in [1.165, 1.54) is 0 Å². The number of para-hydroxylation sites is 1. The number of carbonyl (C=O) groups excluding carboxylic acids is 1. The van der Waals surface area contributed by atoms with Crippen molar-refractivity contribution in [3.8, 4) is 5.75 Å². The quantitative estimate of drug-likeness (QED) is 0.836. The zero-order chi connectivity index (χ0) is 12.5. The lowest BCUT2D eigenvalue weighted by molar-refractivity contribution is -0.128. The molecular weight excluding hydrogens is 246 g/mol. The van der Waals surface area contributed by atoms with Crippen molar-refractivity contribution < 1.29 is 9.53 Å². The van der Waals surface area contributed by atoms with Gasteiger partial charge in [-0.25, -0.2) is 0 Å². The van der Waals surface area contributed by atoms with Crippen molar-refractivity contribution in [1.29, 1.82) is 0 Å². The Balaban J connectivity index is 1.91. The van der Waals surface area contributed by atoms with Gasteiger partial charge in [0.15, 0.2) is 0 Å². The first kappa shape index (κ1) is 11.9. The maximum absolute atomic E-state index is 12.0. The van der Waals surface area contributed by atoms with Gasteiger partial charge in [0.2, 0.25) is 5.91 Å². The molecule has 18 heavy (non-hydrogen) atoms. The number of nitrogens with zero attached hydrogens (tertiary/aromatic N) is 1. The van der Waals surface area contributed by atoms with Crippen LogP contribution in [0.3, 0.4) is 0 Å². The van der Waals surface area contributed by atoms with E-state index in [1.54, 1.807) is 11.8 Å². The Bertz CT molecular complexity index is 459. The van der Waals surface area contributed by atoms with Crippen LogP contribution in [0.15, 0.2) is 24.3 Å². The Hall–Kier alpha value is -1.16. The number of benzene rings is 1. The summed E-state index contributed by atoms with van der Waals surface area (Å²) in [5, 5.41) is 0.146. The molecule has 1 saturated carbocycles. The number of amides is 1. The fourth-order valence-corrected chi connectivity index (χ4v) is 3.67. The third-order valence-electron chi connectivity index (χ3n) is 3.33. The normalized spacial score (nSPS) is 23.5. The van der Waals surface area contributed by atoms with Crippen LogP contribution in [-0.2, 0) is 4.79 Å². The highest BCUT2D eigenvalue weighted by Gasteiger charge is 2.43. The van der Waals surface area contributed by atoms with Crippen LogP contribution in [0.1, 0.15) is 30.7 Å². The van der Waals surface area contributed by atoms with Crippen LogP contribution in [0, 0.1) is 0 Å². The molecule has 3 rings (SSSR count). The highest BCUT2D eigenvalue weighted by atomic mass is 32.2. The average molecular weight is 263 g/mol. The Labute approximate surface area is 111 Å². The lowest BCUT2D eigenvalue weighted by atomic mass is 10.2. The number of thioether (sulfide) groups is 1. The second-order valence-corrected chi connectivity index (χ2v) is 5.73. The number of ether oxygens (including phenoxy) is 1. The topological polar surface area (TPSA) is 29.5 Å². The first-order valence-electron chi connectivity index (χ1n) is 6.45. The molecular formula is C14H17NO2S. The van der Waals surface area contributed by atoms with Gasteiger partial charge in [-0.2, -0.15) is 0 Å². The molecule has 0 spiro atoms. The summed E-state index contributed by atoms with van der Waals surface area (Å²) in [5.41, 5.74) is 1.14. The van der Waals surface area contributed by atoms with E-state index >= 15 is 0 Å². The molecule has 1 aliphatic carbocycles. The molecule has 0 aromatic heterocycles. The summed E-state index contributed by atoms with van der Waals surface area (Å²) in [6.45, 7) is 2.65. The number of hydrogen-bond acceptors (Lipinski definition) is 3. The maximum atomic E-state index is 12.0. The fourth-order valence-electron chi connectivity index (χ4n) is 2.39. The molecule has 1 amide bonds. The summed E-state index contributed by atoms with van der Waals surface area (Å²) in [6, 6.07) is 8.54. The summed E-state index contributed by atoms with van der Waals surface area (Å²) >= 11 is 1.72. The van der Waals surface area contributed by atoms with Gasteiger partial charge in [-0.15, -0.1) is 11.8 Å². The SMILES string of the molecule is CCOc1ccccc1[C@H]1SCC(=O)N1C1CC1. The first-order chi connectivity index (χ1) is 8.81. The van der Waals surface area contributed by atoms with Crippen molar-refractivity contribution >= 4 is 17.7 Å². The second-order valence-electron chi connectivity index (χ2n) is 4.67. The number of hydrogen-bond donors (Lipinski definition) is 0. The summed E-state index contributed by atoms with van der Waals surface area (Å²) in [7, 11) is 0. The van der Waals surface area contributed by atoms with Crippen molar-refractivity contribution in [2.45, 2.75) is 31.2 Å². The largest absolute Gasteiger partial charge is 0.493 e. The summed E-state index contributed by atoms with van der Waals surface area (Å²) in [5.74, 6) is 1.79. The van der Waals surface area contributed by atoms with Gasteiger partial charge in [0.25, 0.3) is 0 Å². The van der Waals surface area contributed by atoms with Crippen molar-refractivity contribution in [1.82, 2.24) is 4.90 Å². The van der Waals surface area contributed by atoms with Crippen LogP contribution < -0.4 is 4.74 Å². The highest BCUT2D eigenvalue weighted by molar-refractivity contribution is 8.00. The molecule has 0 radical (unpaired) electrons. The average Bonchev–Trinajstić information content (AvgIpc) is 3.14. The Kier molecular flexibility index (Phi) is 3.20. The van der Waals surface area contributed by atoms with Crippen molar-refractivity contribution in [2.75, 3.05) is 12.4 Å². The minimum Gasteiger partial charge on any atom is -0.493 e. The smallest absolute Gasteiger partial charge is 0.234 e. The molecule has 1 aromatic rings. The van der Waals surface area contributed by atoms with E-state index in [0.717, 1.165) is 24.2 Å². The molecule has 4 heteroatoms. The molecule has 0 bridgehead atoms. The Morgan fingerprint density at radius 2 is 2.17 bits per heavy atom. The molecule has 1 aromatic carbocycles. The maximum Gasteiger partial charge on any atom is 0.234 e. The van der Waals surface area contributed by atoms with E-state index in [1.807, 2.05) is 25.1 Å². The number of carbonyl (C=O) groups is 1. The van der Waals surface area contributed by atoms with E-state index in [9.17, 15) is 4.79 Å². The molecule has 1 heterocycles. The second kappa shape index (κ2) is 4.84. The molecule has 1 aliphatic heterocycles. The standard InChI is InChI=1S/C14H17NO2S/c1-2-17-12-6-4-3-5-11(12)14-15(10-7-8-10)13(16)9-18-14/h3-6,10,14H,2,7-9H2,1H3/t14-/m1/s1. The van der Waals surface area contributed by atoms with E-state index in [2.05, 4.69) is 11.0 Å². The van der Waals surface area contributed by atoms with Gasteiger partial charge in [0.1, 0.15) is 11.1 Å². The zero-order valence-electron chi connectivity index (χ0n) is 10.5. The molecule has 2 fully saturated rings. The third-order valence-corrected chi connectivity index (χ3v) is 4.54. The van der Waals surface area contributed by atoms with Crippen LogP contribution in [0.4, 0.5) is 0 Å². The lowest BCUT2D eigenvalue weighted by Gasteiger charge is -2.25. The summed E-state index contributed by atoms with van der Waals surface area (Å²) in [6.07, 6.45) is 2.30. The van der Waals surface area contributed by atoms with Gasteiger partial charge in [-0.1, -0.05) is 18.2 Å². The lowest BCUT2D eigenvalue weighted by Crippen LogP contribution is -2.30. The van der Waals surface area contributed by atoms with Crippen LogP contribution in [0.2, 0.25) is 0 Å². The summed E-state index contributed by atoms with van der Waals surface area (Å²) < 4.78 is 5.68. The first-order valence-corrected chi connectivity index (χ1v) is 7.50. The third kappa shape index (κ3) is 2.09. The van der Waals surface area contributed by atoms with Crippen LogP contribution in [0.25, 0.3) is 0 Å². The van der Waals surface area contributed by atoms with Gasteiger partial charge >= 0.3 is 0 Å². The van der Waals surface area contributed by atoms with Crippen molar-refractivity contribution in [3.63, 3.8) is 0 Å². The van der Waals surface area contributed by atoms with Gasteiger partial charge in [-0.05, 0) is 25.8 Å². The number of rotatable bonds is 4. The molecule has 1 saturated heterocycles. The fraction of sp³-hybridized carbons (Fsp3) is 0.500. The van der Waals surface area contributed by atoms with E-state index in [0.29, 0.717) is 18.4 Å².